The van der Waals surface area contributed by atoms with E-state index < -0.39 is 0 Å². The van der Waals surface area contributed by atoms with Crippen LogP contribution in [0.3, 0.4) is 0 Å². The lowest BCUT2D eigenvalue weighted by molar-refractivity contribution is 1.18. The highest BCUT2D eigenvalue weighted by atomic mass is 15.0. The van der Waals surface area contributed by atoms with Crippen molar-refractivity contribution in [1.82, 2.24) is 4.57 Å². The van der Waals surface area contributed by atoms with Crippen LogP contribution in [-0.2, 0) is 0 Å². The van der Waals surface area contributed by atoms with Crippen LogP contribution in [0.2, 0.25) is 0 Å². The average molecular weight is 597 g/mol. The number of nitriles is 1. The highest BCUT2D eigenvalue weighted by molar-refractivity contribution is 6.21. The zero-order valence-corrected chi connectivity index (χ0v) is 25.6. The van der Waals surface area contributed by atoms with Gasteiger partial charge in [-0.2, -0.15) is 5.26 Å². The van der Waals surface area contributed by atoms with Gasteiger partial charge in [0.1, 0.15) is 0 Å². The third kappa shape index (κ3) is 4.26. The minimum Gasteiger partial charge on any atom is -0.309 e. The summed E-state index contributed by atoms with van der Waals surface area (Å²) in [6, 6.07) is 62.6. The first-order chi connectivity index (χ1) is 23.3. The number of hydrogen-bond acceptors (Lipinski definition) is 1. The summed E-state index contributed by atoms with van der Waals surface area (Å²) < 4.78 is 2.33. The van der Waals surface area contributed by atoms with Crippen LogP contribution < -0.4 is 0 Å². The number of fused-ring (bicyclic) bond motifs is 5. The molecule has 0 aliphatic rings. The van der Waals surface area contributed by atoms with Crippen LogP contribution >= 0.6 is 0 Å². The molecule has 2 heteroatoms. The van der Waals surface area contributed by atoms with Crippen molar-refractivity contribution in [3.8, 4) is 45.1 Å². The van der Waals surface area contributed by atoms with Crippen molar-refractivity contribution < 1.29 is 0 Å². The van der Waals surface area contributed by atoms with Crippen molar-refractivity contribution in [1.29, 1.82) is 5.26 Å². The monoisotopic (exact) mass is 596 g/mol. The summed E-state index contributed by atoms with van der Waals surface area (Å²) >= 11 is 0. The fraction of sp³-hybridized carbons (Fsp3) is 0. The molecule has 0 radical (unpaired) electrons. The second-order valence-electron chi connectivity index (χ2n) is 12.0. The van der Waals surface area contributed by atoms with Crippen molar-refractivity contribution in [2.45, 2.75) is 0 Å². The molecule has 0 amide bonds. The summed E-state index contributed by atoms with van der Waals surface area (Å²) in [6.45, 7) is 0. The van der Waals surface area contributed by atoms with Crippen LogP contribution in [0.4, 0.5) is 0 Å². The Bertz CT molecular complexity index is 2560. The van der Waals surface area contributed by atoms with E-state index >= 15 is 0 Å². The van der Waals surface area contributed by atoms with Crippen LogP contribution in [0, 0.1) is 11.3 Å². The summed E-state index contributed by atoms with van der Waals surface area (Å²) in [7, 11) is 0. The Kier molecular flexibility index (Phi) is 6.23. The molecule has 0 saturated heterocycles. The molecule has 8 aromatic carbocycles. The van der Waals surface area contributed by atoms with E-state index in [1.807, 2.05) is 12.1 Å². The average Bonchev–Trinajstić information content (AvgIpc) is 3.48. The quantitative estimate of drug-likeness (QED) is 0.186. The zero-order chi connectivity index (χ0) is 31.3. The summed E-state index contributed by atoms with van der Waals surface area (Å²) in [5, 5.41) is 17.3. The highest BCUT2D eigenvalue weighted by Crippen LogP contribution is 2.44. The van der Waals surface area contributed by atoms with Gasteiger partial charge in [-0.05, 0) is 79.7 Å². The third-order valence-corrected chi connectivity index (χ3v) is 9.43. The third-order valence-electron chi connectivity index (χ3n) is 9.43. The maximum absolute atomic E-state index is 9.92. The first kappa shape index (κ1) is 26.9. The molecule has 0 saturated carbocycles. The fourth-order valence-corrected chi connectivity index (χ4v) is 7.39. The van der Waals surface area contributed by atoms with Gasteiger partial charge < -0.3 is 4.57 Å². The van der Waals surface area contributed by atoms with Gasteiger partial charge in [-0.1, -0.05) is 140 Å². The second-order valence-corrected chi connectivity index (χ2v) is 12.0. The van der Waals surface area contributed by atoms with Gasteiger partial charge in [0.05, 0.1) is 28.4 Å². The SMILES string of the molecule is N#Cc1ccc(-n2c3ccccc3c3ccccc32)c(-c2ccc(-c3c4ccccc4c(-c4ccccc4)c4ccccc34)cc2)c1. The van der Waals surface area contributed by atoms with E-state index in [0.717, 1.165) is 33.4 Å². The fourth-order valence-electron chi connectivity index (χ4n) is 7.39. The van der Waals surface area contributed by atoms with Crippen LogP contribution in [0.15, 0.2) is 170 Å². The van der Waals surface area contributed by atoms with E-state index in [-0.39, 0.29) is 0 Å². The van der Waals surface area contributed by atoms with Gasteiger partial charge in [0.2, 0.25) is 0 Å². The maximum Gasteiger partial charge on any atom is 0.0991 e. The molecule has 1 aromatic heterocycles. The molecule has 47 heavy (non-hydrogen) atoms. The van der Waals surface area contributed by atoms with E-state index in [4.69, 9.17) is 0 Å². The zero-order valence-electron chi connectivity index (χ0n) is 25.6. The first-order valence-corrected chi connectivity index (χ1v) is 15.9. The number of aromatic nitrogens is 1. The van der Waals surface area contributed by atoms with Crippen LogP contribution in [0.25, 0.3) is 82.4 Å². The normalized spacial score (nSPS) is 11.4. The van der Waals surface area contributed by atoms with E-state index in [2.05, 4.69) is 168 Å². The number of benzene rings is 8. The van der Waals surface area contributed by atoms with E-state index in [1.165, 1.54) is 49.0 Å². The van der Waals surface area contributed by atoms with Crippen molar-refractivity contribution in [2.75, 3.05) is 0 Å². The molecule has 1 heterocycles. The van der Waals surface area contributed by atoms with Crippen LogP contribution in [0.5, 0.6) is 0 Å². The molecule has 0 aliphatic heterocycles. The van der Waals surface area contributed by atoms with Crippen molar-refractivity contribution in [2.24, 2.45) is 0 Å². The molecule has 0 spiro atoms. The Labute approximate surface area is 273 Å². The molecule has 0 fully saturated rings. The highest BCUT2D eigenvalue weighted by Gasteiger charge is 2.18. The largest absolute Gasteiger partial charge is 0.309 e. The molecule has 0 atom stereocenters. The number of para-hydroxylation sites is 2. The first-order valence-electron chi connectivity index (χ1n) is 15.9. The van der Waals surface area contributed by atoms with Crippen molar-refractivity contribution in [3.05, 3.63) is 175 Å². The molecule has 0 unspecified atom stereocenters. The topological polar surface area (TPSA) is 28.7 Å². The summed E-state index contributed by atoms with van der Waals surface area (Å²) in [6.07, 6.45) is 0. The number of rotatable bonds is 4. The van der Waals surface area contributed by atoms with Gasteiger partial charge in [0.15, 0.2) is 0 Å². The summed E-state index contributed by atoms with van der Waals surface area (Å²) in [4.78, 5) is 0. The van der Waals surface area contributed by atoms with Gasteiger partial charge in [0.25, 0.3) is 0 Å². The van der Waals surface area contributed by atoms with Gasteiger partial charge >= 0.3 is 0 Å². The van der Waals surface area contributed by atoms with Gasteiger partial charge in [-0.25, -0.2) is 0 Å². The summed E-state index contributed by atoms with van der Waals surface area (Å²) in [5.41, 5.74) is 11.0. The molecule has 0 bridgehead atoms. The Morgan fingerprint density at radius 2 is 0.809 bits per heavy atom. The minimum atomic E-state index is 0.641. The Balaban J connectivity index is 1.26. The predicted molar refractivity (Wildman–Crippen MR) is 197 cm³/mol. The lowest BCUT2D eigenvalue weighted by Crippen LogP contribution is -1.98. The lowest BCUT2D eigenvalue weighted by Gasteiger charge is -2.18. The minimum absolute atomic E-state index is 0.641. The molecular weight excluding hydrogens is 569 g/mol. The molecule has 2 nitrogen and oxygen atoms in total. The molecular formula is C45H28N2. The van der Waals surface area contributed by atoms with Crippen LogP contribution in [-0.4, -0.2) is 4.57 Å². The number of hydrogen-bond donors (Lipinski definition) is 0. The smallest absolute Gasteiger partial charge is 0.0991 e. The molecule has 9 aromatic rings. The maximum atomic E-state index is 9.92. The molecule has 9 rings (SSSR count). The van der Waals surface area contributed by atoms with Gasteiger partial charge in [-0.15, -0.1) is 0 Å². The predicted octanol–water partition coefficient (Wildman–Crippen LogP) is 12.0. The Morgan fingerprint density at radius 1 is 0.383 bits per heavy atom. The Hall–Kier alpha value is -6.43. The van der Waals surface area contributed by atoms with E-state index in [1.54, 1.807) is 0 Å². The van der Waals surface area contributed by atoms with Crippen molar-refractivity contribution in [3.63, 3.8) is 0 Å². The van der Waals surface area contributed by atoms with E-state index in [9.17, 15) is 5.26 Å². The molecule has 0 N–H and O–H groups in total. The summed E-state index contributed by atoms with van der Waals surface area (Å²) in [5.74, 6) is 0. The standard InChI is InChI=1S/C45H28N2/c46-29-30-22-27-43(47-41-20-10-8-14-34(41)35-15-9-11-21-42(35)47)40(28-30)31-23-25-33(26-24-31)45-38-18-6-4-16-36(38)44(32-12-2-1-3-13-32)37-17-5-7-19-39(37)45/h1-28H. The lowest BCUT2D eigenvalue weighted by atomic mass is 9.85. The number of nitrogens with zero attached hydrogens (tertiary/aromatic N) is 2. The van der Waals surface area contributed by atoms with Crippen LogP contribution in [0.1, 0.15) is 5.56 Å². The second kappa shape index (κ2) is 10.9. The van der Waals surface area contributed by atoms with E-state index in [0.29, 0.717) is 5.56 Å². The van der Waals surface area contributed by atoms with Gasteiger partial charge in [-0.3, -0.25) is 0 Å². The van der Waals surface area contributed by atoms with Crippen molar-refractivity contribution >= 4 is 43.4 Å². The van der Waals surface area contributed by atoms with Gasteiger partial charge in [0, 0.05) is 16.3 Å². The molecule has 218 valence electrons. The molecule has 0 aliphatic carbocycles. The Morgan fingerprint density at radius 3 is 1.32 bits per heavy atom.